The molecule has 0 aliphatic carbocycles. The minimum atomic E-state index is -0.115. The van der Waals surface area contributed by atoms with Crippen molar-refractivity contribution in [1.82, 2.24) is 10.2 Å². The van der Waals surface area contributed by atoms with Gasteiger partial charge >= 0.3 is 0 Å². The van der Waals surface area contributed by atoms with E-state index in [1.165, 1.54) is 5.57 Å². The summed E-state index contributed by atoms with van der Waals surface area (Å²) in [5.74, 6) is 5.92. The monoisotopic (exact) mass is 316 g/mol. The van der Waals surface area contributed by atoms with Gasteiger partial charge in [0.15, 0.2) is 0 Å². The van der Waals surface area contributed by atoms with Crippen molar-refractivity contribution in [2.75, 3.05) is 26.2 Å². The summed E-state index contributed by atoms with van der Waals surface area (Å²) in [6.45, 7) is 5.31. The van der Waals surface area contributed by atoms with E-state index in [1.54, 1.807) is 12.1 Å². The van der Waals surface area contributed by atoms with E-state index in [9.17, 15) is 4.79 Å². The molecule has 0 saturated heterocycles. The molecule has 1 aliphatic heterocycles. The molecule has 1 amide bonds. The Hall–Kier alpha value is -1.76. The minimum Gasteiger partial charge on any atom is -0.352 e. The summed E-state index contributed by atoms with van der Waals surface area (Å²) in [5.41, 5.74) is 1.89. The quantitative estimate of drug-likeness (QED) is 0.668. The van der Waals surface area contributed by atoms with Gasteiger partial charge in [0.1, 0.15) is 0 Å². The molecule has 1 aliphatic rings. The van der Waals surface area contributed by atoms with Gasteiger partial charge < -0.3 is 5.32 Å². The Morgan fingerprint density at radius 2 is 2.23 bits per heavy atom. The predicted molar refractivity (Wildman–Crippen MR) is 91.0 cm³/mol. The Labute approximate surface area is 137 Å². The summed E-state index contributed by atoms with van der Waals surface area (Å²) in [6, 6.07) is 7.10. The highest BCUT2D eigenvalue weighted by Gasteiger charge is 2.12. The van der Waals surface area contributed by atoms with E-state index in [0.717, 1.165) is 32.5 Å². The maximum atomic E-state index is 12.1. The molecule has 0 aromatic heterocycles. The third-order valence-corrected chi connectivity index (χ3v) is 3.96. The zero-order chi connectivity index (χ0) is 15.8. The van der Waals surface area contributed by atoms with E-state index in [1.807, 2.05) is 19.1 Å². The summed E-state index contributed by atoms with van der Waals surface area (Å²) in [6.07, 6.45) is 4.20. The molecule has 1 heterocycles. The molecule has 22 heavy (non-hydrogen) atoms. The Balaban J connectivity index is 1.78. The molecule has 1 aromatic rings. The van der Waals surface area contributed by atoms with E-state index >= 15 is 0 Å². The average Bonchev–Trinajstić information content (AvgIpc) is 2.53. The lowest BCUT2D eigenvalue weighted by molar-refractivity contribution is 0.0954. The molecule has 4 heteroatoms. The summed E-state index contributed by atoms with van der Waals surface area (Å²) in [4.78, 5) is 14.4. The fourth-order valence-electron chi connectivity index (χ4n) is 2.47. The van der Waals surface area contributed by atoms with Crippen LogP contribution in [0.1, 0.15) is 30.1 Å². The van der Waals surface area contributed by atoms with Gasteiger partial charge in [-0.1, -0.05) is 41.3 Å². The number of benzene rings is 1. The van der Waals surface area contributed by atoms with Crippen LogP contribution < -0.4 is 5.32 Å². The number of carbonyl (C=O) groups excluding carboxylic acids is 1. The van der Waals surface area contributed by atoms with Crippen LogP contribution in [0.3, 0.4) is 0 Å². The van der Waals surface area contributed by atoms with Crippen molar-refractivity contribution in [3.63, 3.8) is 0 Å². The van der Waals surface area contributed by atoms with Gasteiger partial charge in [-0.15, -0.1) is 5.92 Å². The topological polar surface area (TPSA) is 32.3 Å². The third kappa shape index (κ3) is 4.91. The maximum Gasteiger partial charge on any atom is 0.252 e. The first-order chi connectivity index (χ1) is 10.7. The Morgan fingerprint density at radius 3 is 3.00 bits per heavy atom. The van der Waals surface area contributed by atoms with Gasteiger partial charge in [0.25, 0.3) is 5.91 Å². The zero-order valence-corrected chi connectivity index (χ0v) is 13.6. The van der Waals surface area contributed by atoms with Crippen LogP contribution in [0, 0.1) is 11.8 Å². The normalized spacial score (nSPS) is 14.7. The molecule has 1 aromatic carbocycles. The lowest BCUT2D eigenvalue weighted by Crippen LogP contribution is -2.32. The van der Waals surface area contributed by atoms with Gasteiger partial charge in [0.2, 0.25) is 0 Å². The van der Waals surface area contributed by atoms with Crippen LogP contribution in [-0.4, -0.2) is 37.0 Å². The average molecular weight is 317 g/mol. The van der Waals surface area contributed by atoms with Gasteiger partial charge in [0.05, 0.1) is 17.1 Å². The van der Waals surface area contributed by atoms with Gasteiger partial charge in [-0.2, -0.15) is 0 Å². The first-order valence-electron chi connectivity index (χ1n) is 7.53. The van der Waals surface area contributed by atoms with Gasteiger partial charge in [-0.3, -0.25) is 9.69 Å². The van der Waals surface area contributed by atoms with Gasteiger partial charge in [0, 0.05) is 19.6 Å². The maximum absolute atomic E-state index is 12.1. The van der Waals surface area contributed by atoms with Crippen LogP contribution in [0.5, 0.6) is 0 Å². The third-order valence-electron chi connectivity index (χ3n) is 3.63. The van der Waals surface area contributed by atoms with Crippen molar-refractivity contribution in [2.24, 2.45) is 0 Å². The van der Waals surface area contributed by atoms with E-state index in [2.05, 4.69) is 28.1 Å². The standard InChI is InChI=1S/C18H21ClN2O/c1-2-3-12-21-13-6-7-15(14-21)10-11-20-18(22)16-8-4-5-9-17(16)19/h4-5,7-9H,6,10-14H2,1H3,(H,20,22). The molecule has 0 spiro atoms. The Morgan fingerprint density at radius 1 is 1.41 bits per heavy atom. The molecule has 0 fully saturated rings. The van der Waals surface area contributed by atoms with E-state index in [4.69, 9.17) is 11.6 Å². The molecule has 1 N–H and O–H groups in total. The number of nitrogens with one attached hydrogen (secondary N) is 1. The summed E-state index contributed by atoms with van der Waals surface area (Å²) in [7, 11) is 0. The lowest BCUT2D eigenvalue weighted by Gasteiger charge is -2.25. The van der Waals surface area contributed by atoms with Crippen LogP contribution in [-0.2, 0) is 0 Å². The second-order valence-electron chi connectivity index (χ2n) is 5.27. The van der Waals surface area contributed by atoms with E-state index < -0.39 is 0 Å². The smallest absolute Gasteiger partial charge is 0.252 e. The van der Waals surface area contributed by atoms with Crippen molar-refractivity contribution in [2.45, 2.75) is 19.8 Å². The van der Waals surface area contributed by atoms with Crippen molar-refractivity contribution in [3.05, 3.63) is 46.5 Å². The second kappa shape index (κ2) is 8.63. The molecule has 0 unspecified atom stereocenters. The van der Waals surface area contributed by atoms with Crippen molar-refractivity contribution < 1.29 is 4.79 Å². The van der Waals surface area contributed by atoms with Crippen molar-refractivity contribution >= 4 is 17.5 Å². The number of nitrogens with zero attached hydrogens (tertiary/aromatic N) is 1. The number of halogens is 1. The van der Waals surface area contributed by atoms with E-state index in [-0.39, 0.29) is 5.91 Å². The fraction of sp³-hybridized carbons (Fsp3) is 0.389. The molecular weight excluding hydrogens is 296 g/mol. The molecule has 0 saturated carbocycles. The second-order valence-corrected chi connectivity index (χ2v) is 5.68. The first-order valence-corrected chi connectivity index (χ1v) is 7.91. The Kier molecular flexibility index (Phi) is 6.51. The first kappa shape index (κ1) is 16.6. The van der Waals surface area contributed by atoms with Crippen molar-refractivity contribution in [3.8, 4) is 11.8 Å². The highest BCUT2D eigenvalue weighted by atomic mass is 35.5. The van der Waals surface area contributed by atoms with Crippen LogP contribution >= 0.6 is 11.6 Å². The number of carbonyl (C=O) groups is 1. The predicted octanol–water partition coefficient (Wildman–Crippen LogP) is 3.12. The SMILES string of the molecule is CC#CCN1CCC=C(CCNC(=O)c2ccccc2Cl)C1. The van der Waals surface area contributed by atoms with Crippen LogP contribution in [0.2, 0.25) is 5.02 Å². The molecular formula is C18H21ClN2O. The van der Waals surface area contributed by atoms with Gasteiger partial charge in [-0.05, 0) is 31.9 Å². The number of hydrogen-bond donors (Lipinski definition) is 1. The summed E-state index contributed by atoms with van der Waals surface area (Å²) >= 11 is 6.02. The molecule has 0 radical (unpaired) electrons. The molecule has 0 bridgehead atoms. The Bertz CT molecular complexity index is 613. The summed E-state index contributed by atoms with van der Waals surface area (Å²) in [5, 5.41) is 3.42. The van der Waals surface area contributed by atoms with Crippen LogP contribution in [0.25, 0.3) is 0 Å². The minimum absolute atomic E-state index is 0.115. The number of hydrogen-bond acceptors (Lipinski definition) is 2. The van der Waals surface area contributed by atoms with Crippen molar-refractivity contribution in [1.29, 1.82) is 0 Å². The molecule has 116 valence electrons. The van der Waals surface area contributed by atoms with Crippen LogP contribution in [0.4, 0.5) is 0 Å². The van der Waals surface area contributed by atoms with Gasteiger partial charge in [-0.25, -0.2) is 0 Å². The highest BCUT2D eigenvalue weighted by Crippen LogP contribution is 2.15. The molecule has 0 atom stereocenters. The molecule has 2 rings (SSSR count). The number of amides is 1. The molecule has 3 nitrogen and oxygen atoms in total. The number of rotatable bonds is 5. The highest BCUT2D eigenvalue weighted by molar-refractivity contribution is 6.33. The van der Waals surface area contributed by atoms with Crippen LogP contribution in [0.15, 0.2) is 35.9 Å². The zero-order valence-electron chi connectivity index (χ0n) is 12.9. The summed E-state index contributed by atoms with van der Waals surface area (Å²) < 4.78 is 0. The lowest BCUT2D eigenvalue weighted by atomic mass is 10.1. The van der Waals surface area contributed by atoms with E-state index in [0.29, 0.717) is 17.1 Å². The fourth-order valence-corrected chi connectivity index (χ4v) is 2.69. The largest absolute Gasteiger partial charge is 0.352 e.